The molecule has 0 aliphatic rings. The number of hydrogen-bond donors (Lipinski definition) is 0. The molecule has 0 nitrogen and oxygen atoms in total. The van der Waals surface area contributed by atoms with Gasteiger partial charge in [-0.05, 0) is 0 Å². The molecule has 0 unspecified atom stereocenters. The molecule has 5 heavy (non-hydrogen) atoms. The first kappa shape index (κ1) is 43.7. The quantitative estimate of drug-likeness (QED) is 0.552. The SMILES string of the molecule is [Fe].[Mn].[Nb].[Ni].[Ti]. The molecular weight excluding hydrogens is 310 g/mol. The van der Waals surface area contributed by atoms with Crippen molar-refractivity contribution in [1.29, 1.82) is 0 Å². The van der Waals surface area contributed by atoms with Crippen molar-refractivity contribution in [3.8, 4) is 0 Å². The van der Waals surface area contributed by atoms with E-state index in [0.29, 0.717) is 0 Å². The molecule has 0 saturated carbocycles. The Bertz CT molecular complexity index is 11.6. The molecular formula is FeMnNbNiTi. The van der Waals surface area contributed by atoms with Crippen molar-refractivity contribution in [3.63, 3.8) is 0 Å². The van der Waals surface area contributed by atoms with Crippen molar-refractivity contribution in [3.05, 3.63) is 0 Å². The zero-order valence-electron chi connectivity index (χ0n) is 1.99. The Balaban J connectivity index is 0. The van der Waals surface area contributed by atoms with Gasteiger partial charge in [-0.2, -0.15) is 0 Å². The molecule has 0 heterocycles. The molecule has 5 heteroatoms. The molecule has 0 spiro atoms. The first-order chi connectivity index (χ1) is 0. The largest absolute Gasteiger partial charge is 0 e. The summed E-state index contributed by atoms with van der Waals surface area (Å²) in [4.78, 5) is 0. The van der Waals surface area contributed by atoms with Gasteiger partial charge in [0.1, 0.15) is 0 Å². The van der Waals surface area contributed by atoms with Crippen LogP contribution >= 0.6 is 0 Å². The van der Waals surface area contributed by atoms with Gasteiger partial charge >= 0.3 is 0 Å². The minimum atomic E-state index is 0. The van der Waals surface area contributed by atoms with Gasteiger partial charge in [-0.1, -0.05) is 0 Å². The minimum absolute atomic E-state index is 0. The van der Waals surface area contributed by atoms with Crippen LogP contribution in [-0.4, -0.2) is 0 Å². The Hall–Kier alpha value is 2.99. The molecule has 0 atom stereocenters. The third-order valence-electron chi connectivity index (χ3n) is 0. The van der Waals surface area contributed by atoms with Crippen molar-refractivity contribution >= 4 is 0 Å². The van der Waals surface area contributed by atoms with Gasteiger partial charge in [0.05, 0.1) is 0 Å². The molecule has 2 radical (unpaired) electrons. The summed E-state index contributed by atoms with van der Waals surface area (Å²) in [6.45, 7) is 0. The number of rotatable bonds is 0. The van der Waals surface area contributed by atoms with Gasteiger partial charge < -0.3 is 0 Å². The third kappa shape index (κ3) is 19.5. The van der Waals surface area contributed by atoms with Crippen molar-refractivity contribution in [2.75, 3.05) is 0 Å². The van der Waals surface area contributed by atoms with Crippen LogP contribution in [0.5, 0.6) is 0 Å². The topological polar surface area (TPSA) is 0 Å². The van der Waals surface area contributed by atoms with Crippen LogP contribution in [0.4, 0.5) is 0 Å². The summed E-state index contributed by atoms with van der Waals surface area (Å²) >= 11 is 0. The van der Waals surface area contributed by atoms with Crippen LogP contribution in [0.15, 0.2) is 0 Å². The Morgan fingerprint density at radius 3 is 1.00 bits per heavy atom. The minimum Gasteiger partial charge on any atom is 0 e. The van der Waals surface area contributed by atoms with E-state index >= 15 is 0 Å². The van der Waals surface area contributed by atoms with E-state index in [1.54, 1.807) is 0 Å². The zero-order valence-corrected chi connectivity index (χ0v) is 9.03. The average Bonchev–Trinajstić information content (AvgIpc) is 0. The third-order valence-corrected chi connectivity index (χ3v) is 0. The van der Waals surface area contributed by atoms with Gasteiger partial charge in [-0.15, -0.1) is 0 Å². The van der Waals surface area contributed by atoms with Gasteiger partial charge in [0, 0.05) is 94.7 Å². The fourth-order valence-electron chi connectivity index (χ4n) is 0. The summed E-state index contributed by atoms with van der Waals surface area (Å²) in [5.41, 5.74) is 0. The second-order valence-electron chi connectivity index (χ2n) is 0. The summed E-state index contributed by atoms with van der Waals surface area (Å²) in [7, 11) is 0. The van der Waals surface area contributed by atoms with Gasteiger partial charge in [0.25, 0.3) is 0 Å². The summed E-state index contributed by atoms with van der Waals surface area (Å²) in [6, 6.07) is 0. The fourth-order valence-corrected chi connectivity index (χ4v) is 0. The van der Waals surface area contributed by atoms with E-state index in [1.807, 2.05) is 0 Å². The van der Waals surface area contributed by atoms with Crippen LogP contribution in [0, 0.1) is 0 Å². The standard InChI is InChI=1S/Fe.Mn.Nb.Ni.Ti. The van der Waals surface area contributed by atoms with Crippen molar-refractivity contribution in [2.24, 2.45) is 0 Å². The predicted octanol–water partition coefficient (Wildman–Crippen LogP) is -0.0125. The molecule has 0 aromatic heterocycles. The Morgan fingerprint density at radius 1 is 1.00 bits per heavy atom. The summed E-state index contributed by atoms with van der Waals surface area (Å²) in [5, 5.41) is 0. The molecule has 0 aromatic rings. The van der Waals surface area contributed by atoms with Gasteiger partial charge in [0.2, 0.25) is 0 Å². The second kappa shape index (κ2) is 28.1. The first-order valence-corrected chi connectivity index (χ1v) is 0. The monoisotopic (exact) mass is 310 g/mol. The second-order valence-corrected chi connectivity index (χ2v) is 0. The summed E-state index contributed by atoms with van der Waals surface area (Å²) in [6.07, 6.45) is 0. The maximum absolute atomic E-state index is 0. The smallest absolute Gasteiger partial charge is 0 e. The van der Waals surface area contributed by atoms with E-state index in [2.05, 4.69) is 0 Å². The van der Waals surface area contributed by atoms with Crippen LogP contribution in [0.1, 0.15) is 0 Å². The Kier molecular flexibility index (Phi) is 245. The molecule has 0 bridgehead atoms. The van der Waals surface area contributed by atoms with E-state index in [1.165, 1.54) is 0 Å². The van der Waals surface area contributed by atoms with Crippen LogP contribution in [0.3, 0.4) is 0 Å². The Morgan fingerprint density at radius 2 is 1.00 bits per heavy atom. The van der Waals surface area contributed by atoms with Crippen LogP contribution in [-0.2, 0) is 94.7 Å². The van der Waals surface area contributed by atoms with Gasteiger partial charge in [-0.3, -0.25) is 0 Å². The molecule has 0 aliphatic heterocycles. The van der Waals surface area contributed by atoms with Gasteiger partial charge in [0.15, 0.2) is 0 Å². The normalized spacial score (nSPS) is 0. The molecule has 0 rings (SSSR count). The fraction of sp³-hybridized carbons (Fsp3) is 0. The molecule has 0 fully saturated rings. The molecule has 0 amide bonds. The van der Waals surface area contributed by atoms with Crippen molar-refractivity contribution in [1.82, 2.24) is 0 Å². The molecule has 0 saturated heterocycles. The summed E-state index contributed by atoms with van der Waals surface area (Å²) in [5.74, 6) is 0. The maximum atomic E-state index is 0. The van der Waals surface area contributed by atoms with Crippen LogP contribution < -0.4 is 0 Å². The van der Waals surface area contributed by atoms with Crippen LogP contribution in [0.2, 0.25) is 0 Å². The van der Waals surface area contributed by atoms with E-state index in [0.717, 1.165) is 0 Å². The van der Waals surface area contributed by atoms with E-state index in [4.69, 9.17) is 0 Å². The molecule has 34 valence electrons. The van der Waals surface area contributed by atoms with E-state index in [9.17, 15) is 0 Å². The van der Waals surface area contributed by atoms with E-state index < -0.39 is 0 Å². The Labute approximate surface area is 93.2 Å². The molecule has 0 N–H and O–H groups in total. The van der Waals surface area contributed by atoms with Crippen LogP contribution in [0.25, 0.3) is 0 Å². The molecule has 0 aromatic carbocycles. The first-order valence-electron chi connectivity index (χ1n) is 0. The predicted molar refractivity (Wildman–Crippen MR) is 0 cm³/mol. The molecule has 0 aliphatic carbocycles. The van der Waals surface area contributed by atoms with Gasteiger partial charge in [-0.25, -0.2) is 0 Å². The van der Waals surface area contributed by atoms with Crippen molar-refractivity contribution in [2.45, 2.75) is 0 Å². The van der Waals surface area contributed by atoms with E-state index in [-0.39, 0.29) is 94.7 Å². The van der Waals surface area contributed by atoms with Crippen molar-refractivity contribution < 1.29 is 94.7 Å². The zero-order chi connectivity index (χ0) is 0. The maximum Gasteiger partial charge on any atom is 0 e. The number of hydrogen-bond acceptors (Lipinski definition) is 0. The average molecular weight is 310 g/mol. The summed E-state index contributed by atoms with van der Waals surface area (Å²) < 4.78 is 0.